The molecule has 0 unspecified atom stereocenters. The molecule has 1 aliphatic rings. The topological polar surface area (TPSA) is 58.2 Å². The fraction of sp³-hybridized carbons (Fsp3) is 0.176. The first-order valence-corrected chi connectivity index (χ1v) is 7.97. The van der Waals surface area contributed by atoms with Gasteiger partial charge in [0.1, 0.15) is 0 Å². The van der Waals surface area contributed by atoms with E-state index in [2.05, 4.69) is 10.6 Å². The second-order valence-electron chi connectivity index (χ2n) is 5.32. The van der Waals surface area contributed by atoms with E-state index in [1.54, 1.807) is 12.1 Å². The zero-order valence-electron chi connectivity index (χ0n) is 12.4. The van der Waals surface area contributed by atoms with Gasteiger partial charge in [-0.1, -0.05) is 12.1 Å². The van der Waals surface area contributed by atoms with Crippen molar-refractivity contribution in [1.29, 1.82) is 0 Å². The van der Waals surface area contributed by atoms with Crippen LogP contribution < -0.4 is 10.6 Å². The third kappa shape index (κ3) is 2.99. The number of anilines is 2. The van der Waals surface area contributed by atoms with Crippen LogP contribution in [0.3, 0.4) is 0 Å². The van der Waals surface area contributed by atoms with E-state index in [1.807, 2.05) is 38.1 Å². The van der Waals surface area contributed by atoms with Crippen LogP contribution in [0.15, 0.2) is 41.3 Å². The number of fused-ring (bicyclic) bond motifs is 1. The van der Waals surface area contributed by atoms with Crippen molar-refractivity contribution in [2.24, 2.45) is 0 Å². The van der Waals surface area contributed by atoms with Crippen LogP contribution in [0.25, 0.3) is 0 Å². The van der Waals surface area contributed by atoms with E-state index in [-0.39, 0.29) is 11.8 Å². The molecule has 1 heterocycles. The summed E-state index contributed by atoms with van der Waals surface area (Å²) in [6, 6.07) is 11.3. The van der Waals surface area contributed by atoms with E-state index in [9.17, 15) is 9.59 Å². The molecule has 2 aromatic carbocycles. The lowest BCUT2D eigenvalue weighted by atomic mass is 10.1. The van der Waals surface area contributed by atoms with E-state index >= 15 is 0 Å². The number of benzene rings is 2. The second kappa shape index (κ2) is 5.85. The standard InChI is InChI=1S/C17H16N2O2S/c1-10-3-4-11(2)13(7-10)19-17(21)12-5-6-15-14(8-12)18-16(20)9-22-15/h3-8H,9H2,1-2H3,(H,18,20)(H,19,21). The monoisotopic (exact) mass is 312 g/mol. The van der Waals surface area contributed by atoms with Crippen LogP contribution in [-0.4, -0.2) is 17.6 Å². The lowest BCUT2D eigenvalue weighted by Gasteiger charge is -2.17. The number of hydrogen-bond donors (Lipinski definition) is 2. The average Bonchev–Trinajstić information content (AvgIpc) is 2.50. The molecule has 0 aromatic heterocycles. The summed E-state index contributed by atoms with van der Waals surface area (Å²) in [5, 5.41) is 5.73. The van der Waals surface area contributed by atoms with Gasteiger partial charge in [-0.15, -0.1) is 11.8 Å². The molecule has 0 bridgehead atoms. The zero-order chi connectivity index (χ0) is 15.7. The van der Waals surface area contributed by atoms with Crippen molar-refractivity contribution in [3.63, 3.8) is 0 Å². The minimum absolute atomic E-state index is 0.0374. The number of aryl methyl sites for hydroxylation is 2. The molecule has 5 heteroatoms. The minimum atomic E-state index is -0.179. The van der Waals surface area contributed by atoms with Crippen LogP contribution in [-0.2, 0) is 4.79 Å². The largest absolute Gasteiger partial charge is 0.324 e. The highest BCUT2D eigenvalue weighted by Crippen LogP contribution is 2.32. The number of carbonyl (C=O) groups is 2. The van der Waals surface area contributed by atoms with Gasteiger partial charge in [-0.05, 0) is 49.2 Å². The van der Waals surface area contributed by atoms with Crippen molar-refractivity contribution >= 4 is 35.0 Å². The summed E-state index contributed by atoms with van der Waals surface area (Å²) in [7, 11) is 0. The van der Waals surface area contributed by atoms with Gasteiger partial charge in [0.15, 0.2) is 0 Å². The molecule has 0 radical (unpaired) electrons. The lowest BCUT2D eigenvalue weighted by molar-refractivity contribution is -0.113. The number of thioether (sulfide) groups is 1. The van der Waals surface area contributed by atoms with Crippen LogP contribution in [0.5, 0.6) is 0 Å². The maximum Gasteiger partial charge on any atom is 0.255 e. The molecule has 3 rings (SSSR count). The highest BCUT2D eigenvalue weighted by Gasteiger charge is 2.17. The number of hydrogen-bond acceptors (Lipinski definition) is 3. The van der Waals surface area contributed by atoms with Gasteiger partial charge in [-0.3, -0.25) is 9.59 Å². The van der Waals surface area contributed by atoms with Gasteiger partial charge in [0, 0.05) is 16.1 Å². The molecule has 0 atom stereocenters. The van der Waals surface area contributed by atoms with Crippen LogP contribution in [0.1, 0.15) is 21.5 Å². The van der Waals surface area contributed by atoms with Gasteiger partial charge in [-0.25, -0.2) is 0 Å². The Morgan fingerprint density at radius 1 is 1.18 bits per heavy atom. The van der Waals surface area contributed by atoms with E-state index in [1.165, 1.54) is 11.8 Å². The Labute approximate surface area is 133 Å². The Kier molecular flexibility index (Phi) is 3.90. The predicted octanol–water partition coefficient (Wildman–Crippen LogP) is 3.60. The molecular weight excluding hydrogens is 296 g/mol. The summed E-state index contributed by atoms with van der Waals surface area (Å²) in [5.74, 6) is 0.201. The fourth-order valence-corrected chi connectivity index (χ4v) is 3.08. The second-order valence-corrected chi connectivity index (χ2v) is 6.34. The molecule has 22 heavy (non-hydrogen) atoms. The molecule has 112 valence electrons. The summed E-state index contributed by atoms with van der Waals surface area (Å²) >= 11 is 1.48. The Hall–Kier alpha value is -2.27. The van der Waals surface area contributed by atoms with Crippen molar-refractivity contribution in [3.8, 4) is 0 Å². The van der Waals surface area contributed by atoms with Gasteiger partial charge < -0.3 is 10.6 Å². The molecular formula is C17H16N2O2S. The molecule has 4 nitrogen and oxygen atoms in total. The summed E-state index contributed by atoms with van der Waals surface area (Å²) in [6.07, 6.45) is 0. The van der Waals surface area contributed by atoms with Gasteiger partial charge in [0.25, 0.3) is 5.91 Å². The van der Waals surface area contributed by atoms with Crippen molar-refractivity contribution in [2.75, 3.05) is 16.4 Å². The van der Waals surface area contributed by atoms with Crippen LogP contribution in [0.4, 0.5) is 11.4 Å². The molecule has 0 aliphatic carbocycles. The third-order valence-electron chi connectivity index (χ3n) is 3.52. The van der Waals surface area contributed by atoms with Crippen molar-refractivity contribution in [3.05, 3.63) is 53.1 Å². The zero-order valence-corrected chi connectivity index (χ0v) is 13.2. The Morgan fingerprint density at radius 2 is 2.00 bits per heavy atom. The normalized spacial score (nSPS) is 13.3. The van der Waals surface area contributed by atoms with Crippen LogP contribution in [0.2, 0.25) is 0 Å². The molecule has 2 aromatic rings. The maximum atomic E-state index is 12.4. The summed E-state index contributed by atoms with van der Waals surface area (Å²) < 4.78 is 0. The minimum Gasteiger partial charge on any atom is -0.324 e. The first-order chi connectivity index (χ1) is 10.5. The Morgan fingerprint density at radius 3 is 2.82 bits per heavy atom. The first kappa shape index (κ1) is 14.7. The average molecular weight is 312 g/mol. The highest BCUT2D eigenvalue weighted by molar-refractivity contribution is 8.00. The number of amides is 2. The van der Waals surface area contributed by atoms with Crippen molar-refractivity contribution in [2.45, 2.75) is 18.7 Å². The van der Waals surface area contributed by atoms with Crippen molar-refractivity contribution < 1.29 is 9.59 Å². The smallest absolute Gasteiger partial charge is 0.255 e. The lowest BCUT2D eigenvalue weighted by Crippen LogP contribution is -2.20. The molecule has 2 amide bonds. The van der Waals surface area contributed by atoms with Gasteiger partial charge in [-0.2, -0.15) is 0 Å². The molecule has 0 spiro atoms. The first-order valence-electron chi connectivity index (χ1n) is 6.98. The van der Waals surface area contributed by atoms with E-state index in [4.69, 9.17) is 0 Å². The van der Waals surface area contributed by atoms with Crippen molar-refractivity contribution in [1.82, 2.24) is 0 Å². The van der Waals surface area contributed by atoms with Crippen LogP contribution in [0, 0.1) is 13.8 Å². The molecule has 0 fully saturated rings. The van der Waals surface area contributed by atoms with Gasteiger partial charge >= 0.3 is 0 Å². The molecule has 2 N–H and O–H groups in total. The van der Waals surface area contributed by atoms with Gasteiger partial charge in [0.2, 0.25) is 5.91 Å². The molecule has 0 saturated heterocycles. The number of carbonyl (C=O) groups excluding carboxylic acids is 2. The molecule has 1 aliphatic heterocycles. The molecule has 0 saturated carbocycles. The summed E-state index contributed by atoms with van der Waals surface area (Å²) in [4.78, 5) is 24.9. The predicted molar refractivity (Wildman–Crippen MR) is 89.7 cm³/mol. The maximum absolute atomic E-state index is 12.4. The quantitative estimate of drug-likeness (QED) is 0.891. The van der Waals surface area contributed by atoms with E-state index in [0.29, 0.717) is 17.0 Å². The number of nitrogens with one attached hydrogen (secondary N) is 2. The summed E-state index contributed by atoms with van der Waals surface area (Å²) in [5.41, 5.74) is 4.15. The Bertz CT molecular complexity index is 771. The highest BCUT2D eigenvalue weighted by atomic mass is 32.2. The van der Waals surface area contributed by atoms with E-state index < -0.39 is 0 Å². The number of rotatable bonds is 2. The summed E-state index contributed by atoms with van der Waals surface area (Å²) in [6.45, 7) is 3.94. The SMILES string of the molecule is Cc1ccc(C)c(NC(=O)c2ccc3c(c2)NC(=O)CS3)c1. The van der Waals surface area contributed by atoms with E-state index in [0.717, 1.165) is 21.7 Å². The fourth-order valence-electron chi connectivity index (χ4n) is 2.29. The van der Waals surface area contributed by atoms with Gasteiger partial charge in [0.05, 0.1) is 11.4 Å². The third-order valence-corrected chi connectivity index (χ3v) is 4.59. The van der Waals surface area contributed by atoms with Crippen LogP contribution >= 0.6 is 11.8 Å². The Balaban J connectivity index is 1.85.